The molecule has 7 heteroatoms. The Bertz CT molecular complexity index is 1040. The van der Waals surface area contributed by atoms with Crippen LogP contribution < -0.4 is 4.90 Å². The topological polar surface area (TPSA) is 80.1 Å². The number of likely N-dealkylation sites (N-methyl/N-ethyl adjacent to an activating group) is 1. The molecule has 0 N–H and O–H groups in total. The van der Waals surface area contributed by atoms with Gasteiger partial charge < -0.3 is 19.0 Å². The molecular weight excluding hydrogens is 396 g/mol. The van der Waals surface area contributed by atoms with Crippen LogP contribution in [-0.4, -0.2) is 42.8 Å². The van der Waals surface area contributed by atoms with Crippen molar-refractivity contribution in [1.29, 1.82) is 0 Å². The summed E-state index contributed by atoms with van der Waals surface area (Å²) in [5.41, 5.74) is 2.74. The summed E-state index contributed by atoms with van der Waals surface area (Å²) in [6.07, 6.45) is 3.18. The number of nitrogens with zero attached hydrogens (tertiary/aromatic N) is 2. The number of para-hydroxylation sites is 1. The van der Waals surface area contributed by atoms with Gasteiger partial charge in [-0.3, -0.25) is 14.4 Å². The van der Waals surface area contributed by atoms with E-state index in [0.717, 1.165) is 16.9 Å². The summed E-state index contributed by atoms with van der Waals surface area (Å²) < 4.78 is 10.5. The van der Waals surface area contributed by atoms with Gasteiger partial charge >= 0.3 is 5.97 Å². The molecule has 1 aromatic heterocycles. The van der Waals surface area contributed by atoms with Gasteiger partial charge in [0.05, 0.1) is 18.7 Å². The summed E-state index contributed by atoms with van der Waals surface area (Å²) in [7, 11) is 1.93. The van der Waals surface area contributed by atoms with Gasteiger partial charge in [0.2, 0.25) is 5.91 Å². The number of esters is 1. The molecule has 0 saturated carbocycles. The molecule has 4 rings (SSSR count). The van der Waals surface area contributed by atoms with E-state index in [1.54, 1.807) is 29.4 Å². The Kier molecular flexibility index (Phi) is 5.43. The van der Waals surface area contributed by atoms with Crippen molar-refractivity contribution in [1.82, 2.24) is 4.90 Å². The van der Waals surface area contributed by atoms with Gasteiger partial charge in [-0.1, -0.05) is 32.0 Å². The molecule has 2 aromatic rings. The van der Waals surface area contributed by atoms with E-state index in [2.05, 4.69) is 19.9 Å². The molecule has 31 heavy (non-hydrogen) atoms. The highest BCUT2D eigenvalue weighted by atomic mass is 16.5. The van der Waals surface area contributed by atoms with Crippen molar-refractivity contribution in [3.63, 3.8) is 0 Å². The average Bonchev–Trinajstić information content (AvgIpc) is 3.43. The predicted molar refractivity (Wildman–Crippen MR) is 114 cm³/mol. The zero-order valence-corrected chi connectivity index (χ0v) is 18.0. The van der Waals surface area contributed by atoms with Crippen molar-refractivity contribution < 1.29 is 23.5 Å². The zero-order valence-electron chi connectivity index (χ0n) is 18.0. The number of hydrogen-bond acceptors (Lipinski definition) is 6. The third-order valence-electron chi connectivity index (χ3n) is 6.07. The maximum atomic E-state index is 12.6. The first-order valence-corrected chi connectivity index (χ1v) is 10.3. The first-order valence-electron chi connectivity index (χ1n) is 10.3. The van der Waals surface area contributed by atoms with E-state index in [4.69, 9.17) is 9.15 Å². The fraction of sp³-hybridized carbons (Fsp3) is 0.375. The number of carbonyl (C=O) groups is 3. The van der Waals surface area contributed by atoms with Crippen molar-refractivity contribution in [2.75, 3.05) is 25.1 Å². The van der Waals surface area contributed by atoms with Crippen LogP contribution in [0.4, 0.5) is 5.69 Å². The molecule has 162 valence electrons. The fourth-order valence-electron chi connectivity index (χ4n) is 4.39. The Labute approximate surface area is 181 Å². The highest BCUT2D eigenvalue weighted by Gasteiger charge is 2.39. The standard InChI is InChI=1S/C24H26N2O5/c1-24(2)19-8-4-5-9-20(19)25(3)21(24)12-17(27)15-31-23(29)16-11-22(28)26(13-16)14-18-7-6-10-30-18/h4-10,12,16H,11,13-15H2,1-3H3/b21-12-. The number of furan rings is 1. The summed E-state index contributed by atoms with van der Waals surface area (Å²) >= 11 is 0. The Balaban J connectivity index is 1.35. The number of allylic oxidation sites excluding steroid dienone is 1. The minimum Gasteiger partial charge on any atom is -0.467 e. The highest BCUT2D eigenvalue weighted by molar-refractivity contribution is 5.95. The molecule has 1 unspecified atom stereocenters. The second-order valence-electron chi connectivity index (χ2n) is 8.56. The lowest BCUT2D eigenvalue weighted by atomic mass is 9.83. The van der Waals surface area contributed by atoms with Crippen LogP contribution in [0.25, 0.3) is 0 Å². The summed E-state index contributed by atoms with van der Waals surface area (Å²) in [6, 6.07) is 11.6. The van der Waals surface area contributed by atoms with Crippen LogP contribution in [0, 0.1) is 5.92 Å². The van der Waals surface area contributed by atoms with Gasteiger partial charge in [-0.05, 0) is 23.8 Å². The highest BCUT2D eigenvalue weighted by Crippen LogP contribution is 2.46. The lowest BCUT2D eigenvalue weighted by Crippen LogP contribution is -2.27. The molecule has 0 bridgehead atoms. The maximum Gasteiger partial charge on any atom is 0.311 e. The summed E-state index contributed by atoms with van der Waals surface area (Å²) in [5, 5.41) is 0. The molecule has 1 amide bonds. The normalized spacial score (nSPS) is 20.9. The van der Waals surface area contributed by atoms with Crippen molar-refractivity contribution in [3.05, 3.63) is 65.8 Å². The van der Waals surface area contributed by atoms with Crippen LogP contribution in [0.2, 0.25) is 0 Å². The number of rotatable bonds is 6. The quantitative estimate of drug-likeness (QED) is 0.526. The van der Waals surface area contributed by atoms with Gasteiger partial charge in [0.15, 0.2) is 12.4 Å². The second kappa shape index (κ2) is 8.06. The number of ketones is 1. The molecule has 1 fully saturated rings. The van der Waals surface area contributed by atoms with E-state index < -0.39 is 11.9 Å². The van der Waals surface area contributed by atoms with E-state index >= 15 is 0 Å². The first kappa shape index (κ1) is 20.9. The number of hydrogen-bond donors (Lipinski definition) is 0. The summed E-state index contributed by atoms with van der Waals surface area (Å²) in [4.78, 5) is 40.8. The molecule has 2 aliphatic rings. The smallest absolute Gasteiger partial charge is 0.311 e. The lowest BCUT2D eigenvalue weighted by Gasteiger charge is -2.24. The number of ether oxygens (including phenoxy) is 1. The lowest BCUT2D eigenvalue weighted by molar-refractivity contribution is -0.151. The number of fused-ring (bicyclic) bond motifs is 1. The van der Waals surface area contributed by atoms with Crippen molar-refractivity contribution >= 4 is 23.3 Å². The predicted octanol–water partition coefficient (Wildman–Crippen LogP) is 3.05. The van der Waals surface area contributed by atoms with Gasteiger partial charge in [-0.25, -0.2) is 0 Å². The first-order chi connectivity index (χ1) is 14.8. The minimum absolute atomic E-state index is 0.0832. The van der Waals surface area contributed by atoms with Gasteiger partial charge in [-0.2, -0.15) is 0 Å². The fourth-order valence-corrected chi connectivity index (χ4v) is 4.39. The van der Waals surface area contributed by atoms with Crippen LogP contribution in [0.5, 0.6) is 0 Å². The monoisotopic (exact) mass is 422 g/mol. The van der Waals surface area contributed by atoms with Gasteiger partial charge in [0.25, 0.3) is 0 Å². The molecule has 7 nitrogen and oxygen atoms in total. The van der Waals surface area contributed by atoms with E-state index in [9.17, 15) is 14.4 Å². The van der Waals surface area contributed by atoms with Crippen LogP contribution in [0.3, 0.4) is 0 Å². The van der Waals surface area contributed by atoms with Gasteiger partial charge in [0.1, 0.15) is 5.76 Å². The molecule has 3 heterocycles. The maximum absolute atomic E-state index is 12.6. The largest absolute Gasteiger partial charge is 0.467 e. The van der Waals surface area contributed by atoms with Gasteiger partial charge in [-0.15, -0.1) is 0 Å². The number of amides is 1. The number of benzene rings is 1. The third-order valence-corrected chi connectivity index (χ3v) is 6.07. The Morgan fingerprint density at radius 1 is 1.23 bits per heavy atom. The van der Waals surface area contributed by atoms with E-state index in [-0.39, 0.29) is 36.7 Å². The third kappa shape index (κ3) is 4.00. The molecule has 0 radical (unpaired) electrons. The van der Waals surface area contributed by atoms with Crippen LogP contribution in [0.15, 0.2) is 58.9 Å². The average molecular weight is 422 g/mol. The van der Waals surface area contributed by atoms with Crippen molar-refractivity contribution in [2.45, 2.75) is 32.2 Å². The zero-order chi connectivity index (χ0) is 22.2. The number of likely N-dealkylation sites (tertiary alicyclic amines) is 1. The Morgan fingerprint density at radius 3 is 2.71 bits per heavy atom. The van der Waals surface area contributed by atoms with Crippen LogP contribution >= 0.6 is 0 Å². The Hall–Kier alpha value is -3.35. The number of carbonyl (C=O) groups excluding carboxylic acids is 3. The summed E-state index contributed by atoms with van der Waals surface area (Å²) in [5.74, 6) is -0.845. The summed E-state index contributed by atoms with van der Waals surface area (Å²) in [6.45, 7) is 4.38. The molecule has 0 aliphatic carbocycles. The SMILES string of the molecule is CN1/C(=C\C(=O)COC(=O)C2CC(=O)N(Cc3ccco3)C2)C(C)(C)c2ccccc21. The minimum atomic E-state index is -0.572. The van der Waals surface area contributed by atoms with Crippen LogP contribution in [-0.2, 0) is 31.1 Å². The Morgan fingerprint density at radius 2 is 2.00 bits per heavy atom. The van der Waals surface area contributed by atoms with Crippen molar-refractivity contribution in [2.24, 2.45) is 5.92 Å². The molecule has 1 saturated heterocycles. The van der Waals surface area contributed by atoms with Crippen LogP contribution in [0.1, 0.15) is 31.6 Å². The van der Waals surface area contributed by atoms with E-state index in [0.29, 0.717) is 12.3 Å². The molecule has 2 aliphatic heterocycles. The van der Waals surface area contributed by atoms with E-state index in [1.807, 2.05) is 30.1 Å². The van der Waals surface area contributed by atoms with Crippen molar-refractivity contribution in [3.8, 4) is 0 Å². The second-order valence-corrected chi connectivity index (χ2v) is 8.56. The molecular formula is C24H26N2O5. The molecule has 1 aromatic carbocycles. The van der Waals surface area contributed by atoms with Gasteiger partial charge in [0, 0.05) is 42.9 Å². The number of anilines is 1. The molecule has 1 atom stereocenters. The molecule has 0 spiro atoms. The van der Waals surface area contributed by atoms with E-state index in [1.165, 1.54) is 0 Å².